The standard InChI is InChI=1S/C14H14F6N2O/c1-6-7(11-8(15)2-3-9(16)12(11)17)4-10(21)13(23)22(6)5-14(18,19)20/h2-3,6-7,10H,4-5,21H2,1H3/t6?,7-,10-/m0/s1. The molecule has 0 spiro atoms. The molecule has 1 unspecified atom stereocenters. The smallest absolute Gasteiger partial charge is 0.329 e. The maximum atomic E-state index is 13.9. The maximum absolute atomic E-state index is 13.9. The van der Waals surface area contributed by atoms with Gasteiger partial charge in [0.2, 0.25) is 5.91 Å². The molecule has 3 nitrogen and oxygen atoms in total. The molecule has 1 heterocycles. The lowest BCUT2D eigenvalue weighted by Gasteiger charge is -2.42. The number of carbonyl (C=O) groups excluding carboxylic acids is 1. The zero-order chi connectivity index (χ0) is 17.5. The van der Waals surface area contributed by atoms with Crippen LogP contribution < -0.4 is 5.73 Å². The van der Waals surface area contributed by atoms with E-state index in [1.165, 1.54) is 6.92 Å². The van der Waals surface area contributed by atoms with Crippen molar-refractivity contribution in [2.24, 2.45) is 5.73 Å². The molecule has 0 aliphatic carbocycles. The van der Waals surface area contributed by atoms with E-state index in [1.54, 1.807) is 0 Å². The van der Waals surface area contributed by atoms with Crippen molar-refractivity contribution in [2.45, 2.75) is 37.5 Å². The fourth-order valence-electron chi connectivity index (χ4n) is 2.86. The second-order valence-electron chi connectivity index (χ2n) is 5.53. The molecule has 2 N–H and O–H groups in total. The predicted molar refractivity (Wildman–Crippen MR) is 68.9 cm³/mol. The summed E-state index contributed by atoms with van der Waals surface area (Å²) < 4.78 is 79.1. The second kappa shape index (κ2) is 6.03. The van der Waals surface area contributed by atoms with Crippen LogP contribution in [0.15, 0.2) is 12.1 Å². The van der Waals surface area contributed by atoms with E-state index in [4.69, 9.17) is 5.73 Å². The number of amides is 1. The summed E-state index contributed by atoms with van der Waals surface area (Å²) in [6, 6.07) is -1.26. The van der Waals surface area contributed by atoms with Crippen LogP contribution in [0.3, 0.4) is 0 Å². The summed E-state index contributed by atoms with van der Waals surface area (Å²) in [6.07, 6.45) is -4.96. The Hall–Kier alpha value is -1.77. The van der Waals surface area contributed by atoms with Crippen LogP contribution in [-0.4, -0.2) is 35.6 Å². The molecule has 1 fully saturated rings. The van der Waals surface area contributed by atoms with Gasteiger partial charge in [0.05, 0.1) is 6.04 Å². The van der Waals surface area contributed by atoms with E-state index in [9.17, 15) is 31.1 Å². The monoisotopic (exact) mass is 340 g/mol. The molecule has 1 amide bonds. The first-order valence-electron chi connectivity index (χ1n) is 6.79. The summed E-state index contributed by atoms with van der Waals surface area (Å²) in [6.45, 7) is -0.361. The van der Waals surface area contributed by atoms with E-state index in [2.05, 4.69) is 0 Å². The average molecular weight is 340 g/mol. The average Bonchev–Trinajstić information content (AvgIpc) is 2.44. The van der Waals surface area contributed by atoms with Crippen LogP contribution in [0.5, 0.6) is 0 Å². The van der Waals surface area contributed by atoms with E-state index in [0.717, 1.165) is 0 Å². The summed E-state index contributed by atoms with van der Waals surface area (Å²) in [7, 11) is 0. The van der Waals surface area contributed by atoms with Crippen LogP contribution in [-0.2, 0) is 4.79 Å². The first-order valence-corrected chi connectivity index (χ1v) is 6.79. The molecule has 0 bridgehead atoms. The number of benzene rings is 1. The van der Waals surface area contributed by atoms with Crippen molar-refractivity contribution in [1.82, 2.24) is 4.90 Å². The normalized spacial score (nSPS) is 25.8. The van der Waals surface area contributed by atoms with Gasteiger partial charge in [0, 0.05) is 17.5 Å². The van der Waals surface area contributed by atoms with E-state index in [0.29, 0.717) is 17.0 Å². The molecule has 1 aromatic carbocycles. The summed E-state index contributed by atoms with van der Waals surface area (Å²) >= 11 is 0. The van der Waals surface area contributed by atoms with Crippen LogP contribution in [0.25, 0.3) is 0 Å². The molecular formula is C14H14F6N2O. The van der Waals surface area contributed by atoms with Crippen molar-refractivity contribution >= 4 is 5.91 Å². The molecule has 0 radical (unpaired) electrons. The van der Waals surface area contributed by atoms with Gasteiger partial charge in [0.1, 0.15) is 12.4 Å². The quantitative estimate of drug-likeness (QED) is 0.665. The van der Waals surface area contributed by atoms with Gasteiger partial charge in [-0.25, -0.2) is 13.2 Å². The highest BCUT2D eigenvalue weighted by Gasteiger charge is 2.45. The molecule has 0 aromatic heterocycles. The van der Waals surface area contributed by atoms with E-state index in [1.807, 2.05) is 0 Å². The van der Waals surface area contributed by atoms with E-state index < -0.39 is 59.6 Å². The molecule has 1 aliphatic rings. The first kappa shape index (κ1) is 17.6. The lowest BCUT2D eigenvalue weighted by atomic mass is 9.81. The first-order chi connectivity index (χ1) is 10.5. The molecular weight excluding hydrogens is 326 g/mol. The minimum Gasteiger partial charge on any atom is -0.329 e. The largest absolute Gasteiger partial charge is 0.406 e. The Balaban J connectivity index is 2.44. The minimum atomic E-state index is -4.69. The third-order valence-electron chi connectivity index (χ3n) is 3.98. The number of hydrogen-bond acceptors (Lipinski definition) is 2. The van der Waals surface area contributed by atoms with Crippen LogP contribution in [0.4, 0.5) is 26.3 Å². The van der Waals surface area contributed by atoms with Crippen molar-refractivity contribution in [2.75, 3.05) is 6.54 Å². The van der Waals surface area contributed by atoms with Gasteiger partial charge in [-0.15, -0.1) is 0 Å². The van der Waals surface area contributed by atoms with Crippen molar-refractivity contribution in [3.63, 3.8) is 0 Å². The fourth-order valence-corrected chi connectivity index (χ4v) is 2.86. The highest BCUT2D eigenvalue weighted by Crippen LogP contribution is 2.37. The van der Waals surface area contributed by atoms with Crippen molar-refractivity contribution in [3.05, 3.63) is 35.1 Å². The van der Waals surface area contributed by atoms with Gasteiger partial charge in [-0.1, -0.05) is 0 Å². The number of rotatable bonds is 2. The molecule has 1 saturated heterocycles. The van der Waals surface area contributed by atoms with Gasteiger partial charge < -0.3 is 10.6 Å². The zero-order valence-corrected chi connectivity index (χ0v) is 12.0. The zero-order valence-electron chi connectivity index (χ0n) is 12.0. The van der Waals surface area contributed by atoms with Crippen molar-refractivity contribution in [3.8, 4) is 0 Å². The number of nitrogens with two attached hydrogens (primary N) is 1. The lowest BCUT2D eigenvalue weighted by molar-refractivity contribution is -0.170. The summed E-state index contributed by atoms with van der Waals surface area (Å²) in [5.41, 5.74) is 4.83. The highest BCUT2D eigenvalue weighted by molar-refractivity contribution is 5.83. The molecule has 23 heavy (non-hydrogen) atoms. The molecule has 3 atom stereocenters. The van der Waals surface area contributed by atoms with Gasteiger partial charge in [-0.3, -0.25) is 4.79 Å². The highest BCUT2D eigenvalue weighted by atomic mass is 19.4. The van der Waals surface area contributed by atoms with Gasteiger partial charge in [-0.05, 0) is 25.5 Å². The Labute approximate surface area is 128 Å². The SMILES string of the molecule is CC1[C@@H](c2c(F)ccc(F)c2F)C[C@H](N)C(=O)N1CC(F)(F)F. The Morgan fingerprint density at radius 2 is 1.78 bits per heavy atom. The molecule has 2 rings (SSSR count). The molecule has 128 valence electrons. The van der Waals surface area contributed by atoms with Crippen LogP contribution >= 0.6 is 0 Å². The van der Waals surface area contributed by atoms with Gasteiger partial charge in [0.25, 0.3) is 0 Å². The van der Waals surface area contributed by atoms with Crippen molar-refractivity contribution in [1.29, 1.82) is 0 Å². The number of carbonyl (C=O) groups is 1. The Bertz CT molecular complexity index is 618. The summed E-state index contributed by atoms with van der Waals surface area (Å²) in [5, 5.41) is 0. The van der Waals surface area contributed by atoms with Gasteiger partial charge >= 0.3 is 6.18 Å². The van der Waals surface area contributed by atoms with Gasteiger partial charge in [0.15, 0.2) is 11.6 Å². The number of piperidine rings is 1. The number of nitrogens with zero attached hydrogens (tertiary/aromatic N) is 1. The molecule has 9 heteroatoms. The van der Waals surface area contributed by atoms with E-state index >= 15 is 0 Å². The Kier molecular flexibility index (Phi) is 4.61. The van der Waals surface area contributed by atoms with E-state index in [-0.39, 0.29) is 6.42 Å². The minimum absolute atomic E-state index is 0.272. The van der Waals surface area contributed by atoms with Crippen LogP contribution in [0.1, 0.15) is 24.8 Å². The third kappa shape index (κ3) is 3.44. The maximum Gasteiger partial charge on any atom is 0.406 e. The molecule has 0 saturated carbocycles. The Morgan fingerprint density at radius 3 is 2.35 bits per heavy atom. The number of halogens is 6. The van der Waals surface area contributed by atoms with Crippen LogP contribution in [0.2, 0.25) is 0 Å². The lowest BCUT2D eigenvalue weighted by Crippen LogP contribution is -2.57. The van der Waals surface area contributed by atoms with Crippen molar-refractivity contribution < 1.29 is 31.1 Å². The number of alkyl halides is 3. The number of hydrogen-bond donors (Lipinski definition) is 1. The molecule has 1 aliphatic heterocycles. The second-order valence-corrected chi connectivity index (χ2v) is 5.53. The van der Waals surface area contributed by atoms with Gasteiger partial charge in [-0.2, -0.15) is 13.2 Å². The van der Waals surface area contributed by atoms with Crippen LogP contribution in [0, 0.1) is 17.5 Å². The Morgan fingerprint density at radius 1 is 1.22 bits per heavy atom. The number of likely N-dealkylation sites (tertiary alicyclic amines) is 1. The predicted octanol–water partition coefficient (Wildman–Crippen LogP) is 2.70. The summed E-state index contributed by atoms with van der Waals surface area (Å²) in [5.74, 6) is -6.02. The summed E-state index contributed by atoms with van der Waals surface area (Å²) in [4.78, 5) is 12.3. The fraction of sp³-hybridized carbons (Fsp3) is 0.500. The topological polar surface area (TPSA) is 46.3 Å². The third-order valence-corrected chi connectivity index (χ3v) is 3.98. The molecule has 1 aromatic rings.